The van der Waals surface area contributed by atoms with Crippen LogP contribution in [-0.2, 0) is 5.75 Å². The molecule has 0 amide bonds. The van der Waals surface area contributed by atoms with Gasteiger partial charge < -0.3 is 22.9 Å². The molecule has 20 heavy (non-hydrogen) atoms. The summed E-state index contributed by atoms with van der Waals surface area (Å²) < 4.78 is 5.52. The van der Waals surface area contributed by atoms with E-state index in [2.05, 4.69) is 42.1 Å². The quantitative estimate of drug-likeness (QED) is 0.825. The van der Waals surface area contributed by atoms with Crippen molar-refractivity contribution in [3.05, 3.63) is 59.2 Å². The Morgan fingerprint density at radius 3 is 2.65 bits per heavy atom. The Hall–Kier alpha value is -1.16. The summed E-state index contributed by atoms with van der Waals surface area (Å²) in [5.74, 6) is 2.35. The van der Waals surface area contributed by atoms with Crippen LogP contribution >= 0.6 is 11.8 Å². The van der Waals surface area contributed by atoms with Crippen molar-refractivity contribution in [2.75, 3.05) is 13.7 Å². The van der Waals surface area contributed by atoms with Crippen molar-refractivity contribution in [3.63, 3.8) is 0 Å². The number of hydrogen-bond acceptors (Lipinski definition) is 2. The number of rotatable bonds is 2. The SMILES string of the molecule is COc1cccc2c1SCc1ccccc1C2C[NH3+].[Cl-]. The van der Waals surface area contributed by atoms with Gasteiger partial charge in [0.2, 0.25) is 0 Å². The third-order valence-electron chi connectivity index (χ3n) is 3.70. The molecule has 0 bridgehead atoms. The van der Waals surface area contributed by atoms with Gasteiger partial charge in [-0.05, 0) is 22.8 Å². The fraction of sp³-hybridized carbons (Fsp3) is 0.250. The first-order chi connectivity index (χ1) is 9.35. The van der Waals surface area contributed by atoms with Crippen molar-refractivity contribution in [2.45, 2.75) is 16.6 Å². The zero-order valence-electron chi connectivity index (χ0n) is 11.4. The Bertz CT molecular complexity index is 603. The van der Waals surface area contributed by atoms with Gasteiger partial charge in [0, 0.05) is 5.75 Å². The molecule has 3 N–H and O–H groups in total. The largest absolute Gasteiger partial charge is 1.00 e. The molecule has 0 spiro atoms. The second-order valence-electron chi connectivity index (χ2n) is 4.71. The average Bonchev–Trinajstić information content (AvgIpc) is 2.63. The molecule has 4 heteroatoms. The van der Waals surface area contributed by atoms with E-state index in [1.54, 1.807) is 7.11 Å². The Balaban J connectivity index is 0.00000147. The van der Waals surface area contributed by atoms with E-state index in [-0.39, 0.29) is 12.4 Å². The van der Waals surface area contributed by atoms with Crippen LogP contribution in [0, 0.1) is 0 Å². The number of fused-ring (bicyclic) bond motifs is 2. The van der Waals surface area contributed by atoms with Crippen molar-refractivity contribution in [1.29, 1.82) is 0 Å². The van der Waals surface area contributed by atoms with Crippen molar-refractivity contribution in [3.8, 4) is 5.75 Å². The second-order valence-corrected chi connectivity index (χ2v) is 5.69. The molecule has 0 fully saturated rings. The molecular weight excluding hydrogens is 290 g/mol. The first-order valence-corrected chi connectivity index (χ1v) is 7.50. The third-order valence-corrected chi connectivity index (χ3v) is 4.88. The van der Waals surface area contributed by atoms with Crippen LogP contribution in [0.4, 0.5) is 0 Å². The summed E-state index contributed by atoms with van der Waals surface area (Å²) in [6.07, 6.45) is 0. The number of benzene rings is 2. The van der Waals surface area contributed by atoms with E-state index in [9.17, 15) is 0 Å². The molecule has 1 heterocycles. The second kappa shape index (κ2) is 6.53. The van der Waals surface area contributed by atoms with Crippen LogP contribution in [0.5, 0.6) is 5.75 Å². The van der Waals surface area contributed by atoms with Crippen LogP contribution in [0.2, 0.25) is 0 Å². The fourth-order valence-electron chi connectivity index (χ4n) is 2.76. The molecule has 1 unspecified atom stereocenters. The molecule has 0 aliphatic carbocycles. The van der Waals surface area contributed by atoms with Crippen molar-refractivity contribution in [2.24, 2.45) is 0 Å². The zero-order valence-corrected chi connectivity index (χ0v) is 13.0. The van der Waals surface area contributed by atoms with Crippen molar-refractivity contribution in [1.82, 2.24) is 0 Å². The van der Waals surface area contributed by atoms with Gasteiger partial charge in [-0.2, -0.15) is 0 Å². The van der Waals surface area contributed by atoms with E-state index < -0.39 is 0 Å². The molecule has 2 aromatic rings. The monoisotopic (exact) mass is 307 g/mol. The number of ether oxygens (including phenoxy) is 1. The van der Waals surface area contributed by atoms with E-state index in [0.717, 1.165) is 18.0 Å². The zero-order chi connectivity index (χ0) is 13.2. The highest BCUT2D eigenvalue weighted by Crippen LogP contribution is 2.44. The molecule has 106 valence electrons. The summed E-state index contributed by atoms with van der Waals surface area (Å²) in [4.78, 5) is 1.27. The van der Waals surface area contributed by atoms with Crippen molar-refractivity contribution >= 4 is 11.8 Å². The van der Waals surface area contributed by atoms with Gasteiger partial charge in [-0.25, -0.2) is 0 Å². The van der Waals surface area contributed by atoms with Gasteiger partial charge in [-0.3, -0.25) is 0 Å². The summed E-state index contributed by atoms with van der Waals surface area (Å²) in [7, 11) is 1.74. The number of thioether (sulfide) groups is 1. The molecule has 2 nitrogen and oxygen atoms in total. The van der Waals surface area contributed by atoms with Gasteiger partial charge >= 0.3 is 0 Å². The van der Waals surface area contributed by atoms with Gasteiger partial charge in [0.25, 0.3) is 0 Å². The minimum absolute atomic E-state index is 0. The fourth-order valence-corrected chi connectivity index (χ4v) is 3.99. The molecular formula is C16H18ClNOS. The van der Waals surface area contributed by atoms with Gasteiger partial charge in [-0.1, -0.05) is 36.4 Å². The minimum Gasteiger partial charge on any atom is -1.00 e. The predicted octanol–water partition coefficient (Wildman–Crippen LogP) is -0.321. The Kier molecular flexibility index (Phi) is 4.97. The van der Waals surface area contributed by atoms with E-state index in [1.807, 2.05) is 17.8 Å². The normalized spacial score (nSPS) is 16.4. The van der Waals surface area contributed by atoms with Gasteiger partial charge in [0.15, 0.2) is 0 Å². The first kappa shape index (κ1) is 15.2. The smallest absolute Gasteiger partial charge is 0.132 e. The van der Waals surface area contributed by atoms with E-state index in [0.29, 0.717) is 5.92 Å². The maximum atomic E-state index is 5.52. The summed E-state index contributed by atoms with van der Waals surface area (Å²) in [6, 6.07) is 15.0. The van der Waals surface area contributed by atoms with Crippen LogP contribution in [-0.4, -0.2) is 13.7 Å². The van der Waals surface area contributed by atoms with E-state index >= 15 is 0 Å². The molecule has 0 aromatic heterocycles. The average molecular weight is 308 g/mol. The maximum Gasteiger partial charge on any atom is 0.132 e. The summed E-state index contributed by atoms with van der Waals surface area (Å²) in [5, 5.41) is 0. The molecule has 0 saturated heterocycles. The van der Waals surface area contributed by atoms with E-state index in [1.165, 1.54) is 21.6 Å². The number of methoxy groups -OCH3 is 1. The predicted molar refractivity (Wildman–Crippen MR) is 78.6 cm³/mol. The highest BCUT2D eigenvalue weighted by molar-refractivity contribution is 7.98. The summed E-state index contributed by atoms with van der Waals surface area (Å²) >= 11 is 1.87. The van der Waals surface area contributed by atoms with Gasteiger partial charge in [-0.15, -0.1) is 11.8 Å². The molecule has 0 saturated carbocycles. The number of quaternary nitrogens is 1. The third kappa shape index (κ3) is 2.53. The van der Waals surface area contributed by atoms with Crippen LogP contribution < -0.4 is 22.9 Å². The Labute approximate surface area is 130 Å². The molecule has 2 aromatic carbocycles. The molecule has 0 radical (unpaired) electrons. The summed E-state index contributed by atoms with van der Waals surface area (Å²) in [6.45, 7) is 0.873. The number of halogens is 1. The van der Waals surface area contributed by atoms with E-state index in [4.69, 9.17) is 4.74 Å². The highest BCUT2D eigenvalue weighted by Gasteiger charge is 2.25. The van der Waals surface area contributed by atoms with Crippen LogP contribution in [0.3, 0.4) is 0 Å². The maximum absolute atomic E-state index is 5.52. The Morgan fingerprint density at radius 1 is 1.15 bits per heavy atom. The molecule has 3 rings (SSSR count). The molecule has 1 aliphatic rings. The lowest BCUT2D eigenvalue weighted by Gasteiger charge is -2.17. The first-order valence-electron chi connectivity index (χ1n) is 6.52. The minimum atomic E-state index is 0. The van der Waals surface area contributed by atoms with Crippen molar-refractivity contribution < 1.29 is 22.9 Å². The van der Waals surface area contributed by atoms with Gasteiger partial charge in [0.05, 0.1) is 24.5 Å². The number of hydrogen-bond donors (Lipinski definition) is 1. The van der Waals surface area contributed by atoms with Crippen LogP contribution in [0.25, 0.3) is 0 Å². The molecule has 1 aliphatic heterocycles. The topological polar surface area (TPSA) is 36.9 Å². The molecule has 1 atom stereocenters. The van der Waals surface area contributed by atoms with Crippen LogP contribution in [0.1, 0.15) is 22.6 Å². The Morgan fingerprint density at radius 2 is 1.90 bits per heavy atom. The summed E-state index contributed by atoms with van der Waals surface area (Å²) in [5.41, 5.74) is 8.34. The van der Waals surface area contributed by atoms with Gasteiger partial charge in [0.1, 0.15) is 5.75 Å². The lowest BCUT2D eigenvalue weighted by molar-refractivity contribution is -0.370. The lowest BCUT2D eigenvalue weighted by Crippen LogP contribution is -3.00. The standard InChI is InChI=1S/C16H17NOS.ClH/c1-18-15-8-4-7-13-14(9-17)12-6-3-2-5-11(12)10-19-16(13)15;/h2-8,14H,9-10,17H2,1H3;1H. The highest BCUT2D eigenvalue weighted by atomic mass is 35.5. The van der Waals surface area contributed by atoms with Crippen LogP contribution in [0.15, 0.2) is 47.4 Å². The lowest BCUT2D eigenvalue weighted by atomic mass is 9.88.